The molecular weight excluding hydrogens is 358 g/mol. The summed E-state index contributed by atoms with van der Waals surface area (Å²) >= 11 is 0. The van der Waals surface area contributed by atoms with E-state index in [2.05, 4.69) is 10.3 Å². The molecule has 0 saturated heterocycles. The van der Waals surface area contributed by atoms with Crippen LogP contribution in [0.3, 0.4) is 0 Å². The molecular formula is C21H33N3O4. The van der Waals surface area contributed by atoms with Crippen LogP contribution >= 0.6 is 0 Å². The van der Waals surface area contributed by atoms with Crippen molar-refractivity contribution in [2.24, 2.45) is 5.92 Å². The molecule has 2 rings (SSSR count). The molecule has 0 spiro atoms. The molecule has 7 nitrogen and oxygen atoms in total. The van der Waals surface area contributed by atoms with Gasteiger partial charge in [0.1, 0.15) is 5.69 Å². The van der Waals surface area contributed by atoms with Crippen molar-refractivity contribution in [2.75, 3.05) is 13.2 Å². The molecule has 1 fully saturated rings. The Hall–Kier alpha value is -2.31. The number of urea groups is 1. The van der Waals surface area contributed by atoms with Gasteiger partial charge in [-0.15, -0.1) is 0 Å². The van der Waals surface area contributed by atoms with Crippen LogP contribution < -0.4 is 5.32 Å². The molecule has 1 aliphatic carbocycles. The summed E-state index contributed by atoms with van der Waals surface area (Å²) in [4.78, 5) is 42.9. The molecule has 28 heavy (non-hydrogen) atoms. The maximum atomic E-state index is 13.3. The predicted octanol–water partition coefficient (Wildman–Crippen LogP) is 3.60. The first-order chi connectivity index (χ1) is 13.0. The molecule has 2 amide bonds. The van der Waals surface area contributed by atoms with Crippen molar-refractivity contribution in [3.05, 3.63) is 22.5 Å². The van der Waals surface area contributed by atoms with Gasteiger partial charge in [0.25, 0.3) is 0 Å². The van der Waals surface area contributed by atoms with Crippen LogP contribution in [0.2, 0.25) is 0 Å². The van der Waals surface area contributed by atoms with Gasteiger partial charge in [-0.25, -0.2) is 9.59 Å². The van der Waals surface area contributed by atoms with E-state index in [1.807, 2.05) is 20.8 Å². The molecule has 156 valence electrons. The number of ether oxygens (including phenoxy) is 1. The minimum absolute atomic E-state index is 0.175. The Morgan fingerprint density at radius 3 is 2.36 bits per heavy atom. The number of hydrogen-bond acceptors (Lipinski definition) is 4. The normalized spacial score (nSPS) is 15.1. The second kappa shape index (κ2) is 8.37. The van der Waals surface area contributed by atoms with Gasteiger partial charge in [-0.1, -0.05) is 0 Å². The average Bonchev–Trinajstić information content (AvgIpc) is 3.34. The first-order valence-electron chi connectivity index (χ1n) is 9.95. The molecule has 0 bridgehead atoms. The van der Waals surface area contributed by atoms with Crippen LogP contribution in [-0.4, -0.2) is 52.4 Å². The van der Waals surface area contributed by atoms with Gasteiger partial charge in [-0.3, -0.25) is 4.79 Å². The molecule has 7 heteroatoms. The van der Waals surface area contributed by atoms with E-state index in [-0.39, 0.29) is 18.4 Å². The molecule has 0 aliphatic heterocycles. The van der Waals surface area contributed by atoms with E-state index in [4.69, 9.17) is 4.74 Å². The van der Waals surface area contributed by atoms with Crippen LogP contribution in [0.5, 0.6) is 0 Å². The van der Waals surface area contributed by atoms with E-state index in [9.17, 15) is 14.4 Å². The highest BCUT2D eigenvalue weighted by Crippen LogP contribution is 2.31. The van der Waals surface area contributed by atoms with Crippen LogP contribution in [0, 0.1) is 19.8 Å². The molecule has 1 unspecified atom stereocenters. The molecule has 1 aromatic rings. The minimum atomic E-state index is -0.633. The first kappa shape index (κ1) is 22.0. The first-order valence-corrected chi connectivity index (χ1v) is 9.95. The Labute approximate surface area is 167 Å². The topological polar surface area (TPSA) is 91.5 Å². The summed E-state index contributed by atoms with van der Waals surface area (Å²) in [6, 6.07) is -0.872. The van der Waals surface area contributed by atoms with E-state index >= 15 is 0 Å². The van der Waals surface area contributed by atoms with Gasteiger partial charge in [0.05, 0.1) is 12.6 Å². The number of hydrogen-bond donors (Lipinski definition) is 2. The second-order valence-electron chi connectivity index (χ2n) is 8.66. The average molecular weight is 392 g/mol. The molecule has 1 aromatic heterocycles. The third-order valence-electron chi connectivity index (χ3n) is 4.91. The number of rotatable bonds is 7. The van der Waals surface area contributed by atoms with Crippen LogP contribution in [-0.2, 0) is 4.74 Å². The third-order valence-corrected chi connectivity index (χ3v) is 4.91. The van der Waals surface area contributed by atoms with E-state index in [0.29, 0.717) is 35.0 Å². The quantitative estimate of drug-likeness (QED) is 0.549. The maximum absolute atomic E-state index is 13.3. The number of carbonyl (C=O) groups is 3. The summed E-state index contributed by atoms with van der Waals surface area (Å²) in [6.45, 7) is 13.5. The van der Waals surface area contributed by atoms with E-state index in [1.54, 1.807) is 32.6 Å². The Bertz CT molecular complexity index is 756. The number of aromatic amines is 1. The number of aromatic nitrogens is 1. The van der Waals surface area contributed by atoms with Crippen molar-refractivity contribution >= 4 is 17.8 Å². The summed E-state index contributed by atoms with van der Waals surface area (Å²) in [6.07, 6.45) is 2.16. The highest BCUT2D eigenvalue weighted by Gasteiger charge is 2.35. The van der Waals surface area contributed by atoms with E-state index in [0.717, 1.165) is 12.8 Å². The SMILES string of the molecule is CCOC(=O)c1[nH]c(C)c(C(=O)C(C)N(CC2CC2)C(=O)NC(C)(C)C)c1C. The van der Waals surface area contributed by atoms with Crippen LogP contribution in [0.25, 0.3) is 0 Å². The summed E-state index contributed by atoms with van der Waals surface area (Å²) in [7, 11) is 0. The number of nitrogens with one attached hydrogen (secondary N) is 2. The highest BCUT2D eigenvalue weighted by molar-refractivity contribution is 6.06. The molecule has 1 atom stereocenters. The van der Waals surface area contributed by atoms with Crippen molar-refractivity contribution < 1.29 is 19.1 Å². The largest absolute Gasteiger partial charge is 0.461 e. The lowest BCUT2D eigenvalue weighted by Gasteiger charge is -2.32. The van der Waals surface area contributed by atoms with Crippen LogP contribution in [0.15, 0.2) is 0 Å². The van der Waals surface area contributed by atoms with Crippen LogP contribution in [0.1, 0.15) is 79.6 Å². The zero-order valence-electron chi connectivity index (χ0n) is 18.1. The number of Topliss-reactive ketones (excluding diaryl/α,β-unsaturated/α-hetero) is 1. The number of nitrogens with zero attached hydrogens (tertiary/aromatic N) is 1. The van der Waals surface area contributed by atoms with Crippen molar-refractivity contribution in [3.63, 3.8) is 0 Å². The summed E-state index contributed by atoms with van der Waals surface area (Å²) < 4.78 is 5.06. The molecule has 1 heterocycles. The van der Waals surface area contributed by atoms with Crippen molar-refractivity contribution in [1.29, 1.82) is 0 Å². The second-order valence-corrected chi connectivity index (χ2v) is 8.66. The highest BCUT2D eigenvalue weighted by atomic mass is 16.5. The summed E-state index contributed by atoms with van der Waals surface area (Å²) in [5.74, 6) is -0.203. The number of ketones is 1. The van der Waals surface area contributed by atoms with Gasteiger partial charge < -0.3 is 19.9 Å². The van der Waals surface area contributed by atoms with Gasteiger partial charge in [0, 0.05) is 23.3 Å². The lowest BCUT2D eigenvalue weighted by Crippen LogP contribution is -2.53. The minimum Gasteiger partial charge on any atom is -0.461 e. The Morgan fingerprint density at radius 1 is 1.25 bits per heavy atom. The predicted molar refractivity (Wildman–Crippen MR) is 108 cm³/mol. The van der Waals surface area contributed by atoms with Gasteiger partial charge in [0.2, 0.25) is 0 Å². The standard InChI is InChI=1S/C21H33N3O4/c1-8-28-19(26)17-12(2)16(13(3)22-17)18(25)14(4)24(11-15-9-10-15)20(27)23-21(5,6)7/h14-15,22H,8-11H2,1-7H3,(H,23,27). The fourth-order valence-electron chi connectivity index (χ4n) is 3.27. The van der Waals surface area contributed by atoms with E-state index in [1.165, 1.54) is 0 Å². The van der Waals surface area contributed by atoms with Gasteiger partial charge in [-0.2, -0.15) is 0 Å². The Kier molecular flexibility index (Phi) is 6.57. The lowest BCUT2D eigenvalue weighted by molar-refractivity contribution is 0.0519. The summed E-state index contributed by atoms with van der Waals surface area (Å²) in [5, 5.41) is 2.96. The monoisotopic (exact) mass is 391 g/mol. The zero-order valence-corrected chi connectivity index (χ0v) is 18.1. The number of esters is 1. The summed E-state index contributed by atoms with van der Waals surface area (Å²) in [5.41, 5.74) is 1.54. The van der Waals surface area contributed by atoms with E-state index < -0.39 is 17.6 Å². The number of amides is 2. The molecule has 2 N–H and O–H groups in total. The van der Waals surface area contributed by atoms with Gasteiger partial charge in [0.15, 0.2) is 5.78 Å². The Morgan fingerprint density at radius 2 is 1.86 bits per heavy atom. The van der Waals surface area contributed by atoms with Gasteiger partial charge >= 0.3 is 12.0 Å². The number of H-pyrrole nitrogens is 1. The smallest absolute Gasteiger partial charge is 0.355 e. The van der Waals surface area contributed by atoms with Crippen molar-refractivity contribution in [1.82, 2.24) is 15.2 Å². The lowest BCUT2D eigenvalue weighted by atomic mass is 9.99. The molecule has 0 aromatic carbocycles. The molecule has 1 saturated carbocycles. The molecule has 0 radical (unpaired) electrons. The van der Waals surface area contributed by atoms with Gasteiger partial charge in [-0.05, 0) is 72.8 Å². The zero-order chi connectivity index (χ0) is 21.2. The van der Waals surface area contributed by atoms with Crippen LogP contribution in [0.4, 0.5) is 4.79 Å². The fraction of sp³-hybridized carbons (Fsp3) is 0.667. The Balaban J connectivity index is 2.29. The third kappa shape index (κ3) is 5.14. The van der Waals surface area contributed by atoms with Crippen molar-refractivity contribution in [2.45, 2.75) is 72.9 Å². The number of carbonyl (C=O) groups excluding carboxylic acids is 3. The maximum Gasteiger partial charge on any atom is 0.355 e. The molecule has 1 aliphatic rings. The van der Waals surface area contributed by atoms with Crippen molar-refractivity contribution in [3.8, 4) is 0 Å². The fourth-order valence-corrected chi connectivity index (χ4v) is 3.27. The number of aryl methyl sites for hydroxylation is 1.